The molecular formula is C17H15ClN2O2S. The van der Waals surface area contributed by atoms with Crippen molar-refractivity contribution >= 4 is 46.7 Å². The zero-order valence-electron chi connectivity index (χ0n) is 12.1. The molecule has 2 aromatic rings. The predicted molar refractivity (Wildman–Crippen MR) is 97.6 cm³/mol. The predicted octanol–water partition coefficient (Wildman–Crippen LogP) is 3.92. The van der Waals surface area contributed by atoms with Gasteiger partial charge in [0.05, 0.1) is 10.7 Å². The monoisotopic (exact) mass is 346 g/mol. The first-order valence-corrected chi connectivity index (χ1v) is 7.62. The van der Waals surface area contributed by atoms with Crippen LogP contribution in [0.15, 0.2) is 54.6 Å². The summed E-state index contributed by atoms with van der Waals surface area (Å²) in [5.41, 5.74) is 2.44. The fraction of sp³-hybridized carbons (Fsp3) is 0.0588. The number of rotatable bonds is 5. The van der Waals surface area contributed by atoms with E-state index in [9.17, 15) is 4.79 Å². The van der Waals surface area contributed by atoms with E-state index in [0.29, 0.717) is 27.9 Å². The number of carbonyl (C=O) groups is 1. The molecule has 6 heteroatoms. The highest BCUT2D eigenvalue weighted by Crippen LogP contribution is 2.23. The molecule has 118 valence electrons. The highest BCUT2D eigenvalue weighted by Gasteiger charge is 2.04. The molecule has 0 aromatic heterocycles. The minimum absolute atomic E-state index is 0.440. The number of hydrogen-bond donors (Lipinski definition) is 3. The Labute approximate surface area is 144 Å². The van der Waals surface area contributed by atoms with Crippen molar-refractivity contribution < 1.29 is 9.90 Å². The van der Waals surface area contributed by atoms with Crippen molar-refractivity contribution in [3.05, 3.63) is 70.8 Å². The average Bonchev–Trinajstić information content (AvgIpc) is 2.54. The van der Waals surface area contributed by atoms with Gasteiger partial charge in [0.1, 0.15) is 0 Å². The molecule has 0 aliphatic heterocycles. The zero-order chi connectivity index (χ0) is 16.7. The second-order valence-corrected chi connectivity index (χ2v) is 5.52. The van der Waals surface area contributed by atoms with Crippen LogP contribution >= 0.6 is 23.8 Å². The number of benzene rings is 2. The Balaban J connectivity index is 1.99. The fourth-order valence-corrected chi connectivity index (χ4v) is 2.20. The van der Waals surface area contributed by atoms with E-state index in [1.54, 1.807) is 18.2 Å². The molecule has 2 rings (SSSR count). The van der Waals surface area contributed by atoms with Gasteiger partial charge in [-0.05, 0) is 41.6 Å². The molecule has 0 saturated heterocycles. The average molecular weight is 347 g/mol. The molecule has 4 nitrogen and oxygen atoms in total. The van der Waals surface area contributed by atoms with Gasteiger partial charge >= 0.3 is 5.97 Å². The first-order valence-electron chi connectivity index (χ1n) is 6.84. The molecule has 0 radical (unpaired) electrons. The minimum atomic E-state index is -1.01. The number of hydrogen-bond acceptors (Lipinski definition) is 2. The van der Waals surface area contributed by atoms with Crippen LogP contribution in [-0.4, -0.2) is 16.2 Å². The third-order valence-electron chi connectivity index (χ3n) is 2.95. The number of halogens is 1. The van der Waals surface area contributed by atoms with Crippen LogP contribution in [0.1, 0.15) is 11.1 Å². The molecule has 0 saturated carbocycles. The summed E-state index contributed by atoms with van der Waals surface area (Å²) in [6, 6.07) is 15.0. The van der Waals surface area contributed by atoms with E-state index in [1.807, 2.05) is 30.3 Å². The van der Waals surface area contributed by atoms with E-state index < -0.39 is 5.97 Å². The van der Waals surface area contributed by atoms with Gasteiger partial charge in [-0.3, -0.25) is 0 Å². The van der Waals surface area contributed by atoms with Crippen LogP contribution < -0.4 is 10.6 Å². The van der Waals surface area contributed by atoms with Crippen LogP contribution in [-0.2, 0) is 11.3 Å². The van der Waals surface area contributed by atoms with Crippen molar-refractivity contribution in [2.24, 2.45) is 0 Å². The summed E-state index contributed by atoms with van der Waals surface area (Å²) in [5.74, 6) is -1.01. The molecule has 0 amide bonds. The molecule has 0 spiro atoms. The molecule has 0 atom stereocenters. The van der Waals surface area contributed by atoms with Crippen LogP contribution in [0.2, 0.25) is 5.02 Å². The van der Waals surface area contributed by atoms with Crippen LogP contribution in [0.4, 0.5) is 5.69 Å². The van der Waals surface area contributed by atoms with Crippen molar-refractivity contribution in [3.8, 4) is 0 Å². The molecule has 23 heavy (non-hydrogen) atoms. The highest BCUT2D eigenvalue weighted by atomic mass is 35.5. The summed E-state index contributed by atoms with van der Waals surface area (Å²) < 4.78 is 0. The Morgan fingerprint density at radius 1 is 1.22 bits per heavy atom. The Hall–Kier alpha value is -2.37. The Morgan fingerprint density at radius 3 is 2.65 bits per heavy atom. The summed E-state index contributed by atoms with van der Waals surface area (Å²) in [6.07, 6.45) is 2.56. The van der Waals surface area contributed by atoms with Gasteiger partial charge in [0.25, 0.3) is 0 Å². The standard InChI is InChI=1S/C17H15ClN2O2S/c18-14-8-6-12(7-9-16(21)22)10-15(14)20-17(23)19-11-13-4-2-1-3-5-13/h1-10H,11H2,(H,21,22)(H2,19,20,23)/b9-7+. The molecule has 3 N–H and O–H groups in total. The van der Waals surface area contributed by atoms with Crippen molar-refractivity contribution in [3.63, 3.8) is 0 Å². The van der Waals surface area contributed by atoms with Gasteiger partial charge in [0, 0.05) is 12.6 Å². The lowest BCUT2D eigenvalue weighted by atomic mass is 10.2. The second kappa shape index (κ2) is 8.31. The SMILES string of the molecule is O=C(O)/C=C/c1ccc(Cl)c(NC(=S)NCc2ccccc2)c1. The van der Waals surface area contributed by atoms with Crippen molar-refractivity contribution in [2.75, 3.05) is 5.32 Å². The lowest BCUT2D eigenvalue weighted by Gasteiger charge is -2.12. The molecule has 2 aromatic carbocycles. The third kappa shape index (κ3) is 5.73. The number of nitrogens with one attached hydrogen (secondary N) is 2. The molecular weight excluding hydrogens is 332 g/mol. The molecule has 0 fully saturated rings. The zero-order valence-corrected chi connectivity index (χ0v) is 13.7. The number of carboxylic acid groups (broad SMARTS) is 1. The first kappa shape index (κ1) is 17.0. The van der Waals surface area contributed by atoms with E-state index in [4.69, 9.17) is 28.9 Å². The quantitative estimate of drug-likeness (QED) is 0.565. The summed E-state index contributed by atoms with van der Waals surface area (Å²) in [7, 11) is 0. The highest BCUT2D eigenvalue weighted by molar-refractivity contribution is 7.80. The summed E-state index contributed by atoms with van der Waals surface area (Å²) in [6.45, 7) is 0.600. The Bertz CT molecular complexity index is 733. The summed E-state index contributed by atoms with van der Waals surface area (Å²) in [5, 5.41) is 15.7. The molecule has 0 aliphatic carbocycles. The van der Waals surface area contributed by atoms with Crippen LogP contribution in [0, 0.1) is 0 Å². The van der Waals surface area contributed by atoms with E-state index in [0.717, 1.165) is 11.6 Å². The normalized spacial score (nSPS) is 10.5. The molecule has 0 aliphatic rings. The lowest BCUT2D eigenvalue weighted by Crippen LogP contribution is -2.28. The third-order valence-corrected chi connectivity index (χ3v) is 3.53. The Kier molecular flexibility index (Phi) is 6.14. The second-order valence-electron chi connectivity index (χ2n) is 4.70. The summed E-state index contributed by atoms with van der Waals surface area (Å²) >= 11 is 11.4. The van der Waals surface area contributed by atoms with Crippen LogP contribution in [0.25, 0.3) is 6.08 Å². The van der Waals surface area contributed by atoms with Gasteiger partial charge in [0.15, 0.2) is 5.11 Å². The van der Waals surface area contributed by atoms with Gasteiger partial charge in [-0.2, -0.15) is 0 Å². The molecule has 0 unspecified atom stereocenters. The Morgan fingerprint density at radius 2 is 1.96 bits per heavy atom. The maximum Gasteiger partial charge on any atom is 0.328 e. The van der Waals surface area contributed by atoms with Gasteiger partial charge in [-0.1, -0.05) is 48.0 Å². The van der Waals surface area contributed by atoms with Crippen molar-refractivity contribution in [1.82, 2.24) is 5.32 Å². The van der Waals surface area contributed by atoms with Gasteiger partial charge < -0.3 is 15.7 Å². The topological polar surface area (TPSA) is 61.4 Å². The van der Waals surface area contributed by atoms with Gasteiger partial charge in [-0.15, -0.1) is 0 Å². The van der Waals surface area contributed by atoms with Crippen LogP contribution in [0.5, 0.6) is 0 Å². The van der Waals surface area contributed by atoms with E-state index in [-0.39, 0.29) is 0 Å². The number of aliphatic carboxylic acids is 1. The van der Waals surface area contributed by atoms with Crippen molar-refractivity contribution in [1.29, 1.82) is 0 Å². The number of carboxylic acids is 1. The largest absolute Gasteiger partial charge is 0.478 e. The maximum atomic E-state index is 10.6. The number of thiocarbonyl (C=S) groups is 1. The van der Waals surface area contributed by atoms with E-state index >= 15 is 0 Å². The summed E-state index contributed by atoms with van der Waals surface area (Å²) in [4.78, 5) is 10.6. The lowest BCUT2D eigenvalue weighted by molar-refractivity contribution is -0.131. The molecule has 0 heterocycles. The minimum Gasteiger partial charge on any atom is -0.478 e. The van der Waals surface area contributed by atoms with E-state index in [2.05, 4.69) is 10.6 Å². The smallest absolute Gasteiger partial charge is 0.328 e. The first-order chi connectivity index (χ1) is 11.0. The fourth-order valence-electron chi connectivity index (χ4n) is 1.85. The van der Waals surface area contributed by atoms with Gasteiger partial charge in [-0.25, -0.2) is 4.79 Å². The maximum absolute atomic E-state index is 10.6. The number of anilines is 1. The van der Waals surface area contributed by atoms with Crippen molar-refractivity contribution in [2.45, 2.75) is 6.54 Å². The molecule has 0 bridgehead atoms. The van der Waals surface area contributed by atoms with Gasteiger partial charge in [0.2, 0.25) is 0 Å². The van der Waals surface area contributed by atoms with E-state index in [1.165, 1.54) is 6.08 Å². The van der Waals surface area contributed by atoms with Crippen LogP contribution in [0.3, 0.4) is 0 Å².